The van der Waals surface area contributed by atoms with Crippen LogP contribution in [0.4, 0.5) is 11.5 Å². The molecule has 0 aliphatic carbocycles. The minimum Gasteiger partial charge on any atom is -0.491 e. The van der Waals surface area contributed by atoms with E-state index in [1.165, 1.54) is 0 Å². The van der Waals surface area contributed by atoms with Gasteiger partial charge in [-0.05, 0) is 48.0 Å². The third-order valence-corrected chi connectivity index (χ3v) is 9.00. The van der Waals surface area contributed by atoms with Crippen molar-refractivity contribution in [3.8, 4) is 5.75 Å². The summed E-state index contributed by atoms with van der Waals surface area (Å²) >= 11 is 0. The van der Waals surface area contributed by atoms with E-state index in [9.17, 15) is 9.59 Å². The molecule has 4 heterocycles. The Bertz CT molecular complexity index is 1440. The Labute approximate surface area is 266 Å². The Morgan fingerprint density at radius 3 is 2.47 bits per heavy atom. The summed E-state index contributed by atoms with van der Waals surface area (Å²) in [6.07, 6.45) is 2.91. The van der Waals surface area contributed by atoms with Crippen LogP contribution in [0.25, 0.3) is 0 Å². The number of hydrogen-bond donors (Lipinski definition) is 0. The standard InChI is InChI=1S/C35H44N6O4/c1-37-13-16-41(34(42)10-12-38-14-17-40(18-15-38)33-7-2-3-11-36-33)21-24-45-32-9-8-31(39-19-22-44-23-20-39)27-30(32)26-28-5-4-6-29(25-28)35(37)43/h2-9,11,25,27H,10,12-24,26H2,1H3. The van der Waals surface area contributed by atoms with Crippen LogP contribution in [-0.4, -0.2) is 124 Å². The Balaban J connectivity index is 1.13. The average molecular weight is 613 g/mol. The van der Waals surface area contributed by atoms with Crippen molar-refractivity contribution in [2.45, 2.75) is 12.8 Å². The molecule has 3 aromatic rings. The number of piperazine rings is 1. The van der Waals surface area contributed by atoms with E-state index in [-0.39, 0.29) is 11.8 Å². The van der Waals surface area contributed by atoms with Crippen molar-refractivity contribution in [3.05, 3.63) is 83.6 Å². The van der Waals surface area contributed by atoms with Crippen molar-refractivity contribution in [2.24, 2.45) is 0 Å². The van der Waals surface area contributed by atoms with Gasteiger partial charge in [0.15, 0.2) is 0 Å². The van der Waals surface area contributed by atoms with E-state index in [1.54, 1.807) is 4.90 Å². The number of pyridine rings is 1. The van der Waals surface area contributed by atoms with Crippen LogP contribution in [0.3, 0.4) is 0 Å². The van der Waals surface area contributed by atoms with Gasteiger partial charge in [0.05, 0.1) is 19.8 Å². The van der Waals surface area contributed by atoms with Crippen LogP contribution in [0.2, 0.25) is 0 Å². The highest BCUT2D eigenvalue weighted by Crippen LogP contribution is 2.29. The van der Waals surface area contributed by atoms with Gasteiger partial charge in [-0.3, -0.25) is 14.5 Å². The van der Waals surface area contributed by atoms with Crippen molar-refractivity contribution < 1.29 is 19.1 Å². The lowest BCUT2D eigenvalue weighted by Crippen LogP contribution is -2.48. The molecular formula is C35H44N6O4. The largest absolute Gasteiger partial charge is 0.491 e. The number of anilines is 2. The summed E-state index contributed by atoms with van der Waals surface area (Å²) in [6, 6.07) is 20.2. The average Bonchev–Trinajstić information content (AvgIpc) is 3.09. The molecule has 238 valence electrons. The maximum atomic E-state index is 13.6. The summed E-state index contributed by atoms with van der Waals surface area (Å²) < 4.78 is 11.9. The van der Waals surface area contributed by atoms with E-state index in [4.69, 9.17) is 9.47 Å². The molecule has 0 spiro atoms. The quantitative estimate of drug-likeness (QED) is 0.435. The van der Waals surface area contributed by atoms with Gasteiger partial charge >= 0.3 is 0 Å². The number of morpholine rings is 1. The molecular weight excluding hydrogens is 568 g/mol. The number of carbonyl (C=O) groups is 2. The van der Waals surface area contributed by atoms with E-state index in [1.807, 2.05) is 60.6 Å². The van der Waals surface area contributed by atoms with Gasteiger partial charge in [0.1, 0.15) is 18.2 Å². The Morgan fingerprint density at radius 2 is 1.67 bits per heavy atom. The zero-order chi connectivity index (χ0) is 31.0. The highest BCUT2D eigenvalue weighted by atomic mass is 16.5. The van der Waals surface area contributed by atoms with Crippen LogP contribution < -0.4 is 14.5 Å². The number of nitrogens with zero attached hydrogens (tertiary/aromatic N) is 6. The third kappa shape index (κ3) is 7.93. The van der Waals surface area contributed by atoms with E-state index >= 15 is 0 Å². The van der Waals surface area contributed by atoms with Gasteiger partial charge in [0, 0.05) is 102 Å². The molecule has 0 N–H and O–H groups in total. The molecule has 2 amide bonds. The molecule has 3 aliphatic rings. The van der Waals surface area contributed by atoms with E-state index < -0.39 is 0 Å². The first kappa shape index (κ1) is 30.9. The summed E-state index contributed by atoms with van der Waals surface area (Å²) in [5.74, 6) is 1.87. The van der Waals surface area contributed by atoms with E-state index in [2.05, 4.69) is 37.9 Å². The van der Waals surface area contributed by atoms with Crippen LogP contribution >= 0.6 is 0 Å². The molecule has 10 heteroatoms. The van der Waals surface area contributed by atoms with Gasteiger partial charge in [-0.2, -0.15) is 0 Å². The Kier molecular flexibility index (Phi) is 10.1. The first-order valence-electron chi connectivity index (χ1n) is 16.1. The molecule has 45 heavy (non-hydrogen) atoms. The Morgan fingerprint density at radius 1 is 0.822 bits per heavy atom. The molecule has 2 saturated heterocycles. The number of hydrogen-bond acceptors (Lipinski definition) is 8. The van der Waals surface area contributed by atoms with Crippen molar-refractivity contribution in [1.82, 2.24) is 19.7 Å². The molecule has 2 fully saturated rings. The van der Waals surface area contributed by atoms with Crippen molar-refractivity contribution in [1.29, 1.82) is 0 Å². The van der Waals surface area contributed by atoms with E-state index in [0.717, 1.165) is 80.9 Å². The topological polar surface area (TPSA) is 81.7 Å². The maximum Gasteiger partial charge on any atom is 0.253 e. The lowest BCUT2D eigenvalue weighted by atomic mass is 10.0. The number of fused-ring (bicyclic) bond motifs is 3. The second kappa shape index (κ2) is 14.8. The first-order valence-corrected chi connectivity index (χ1v) is 16.1. The maximum absolute atomic E-state index is 13.6. The van der Waals surface area contributed by atoms with Crippen LogP contribution in [0.1, 0.15) is 27.9 Å². The fourth-order valence-electron chi connectivity index (χ4n) is 6.27. The highest BCUT2D eigenvalue weighted by Gasteiger charge is 2.22. The second-order valence-electron chi connectivity index (χ2n) is 12.0. The molecule has 6 rings (SSSR count). The summed E-state index contributed by atoms with van der Waals surface area (Å²) in [5, 5.41) is 0. The van der Waals surface area contributed by atoms with E-state index in [0.29, 0.717) is 51.2 Å². The highest BCUT2D eigenvalue weighted by molar-refractivity contribution is 5.94. The number of benzene rings is 2. The van der Waals surface area contributed by atoms with Crippen LogP contribution in [0.15, 0.2) is 66.9 Å². The van der Waals surface area contributed by atoms with Crippen LogP contribution in [0.5, 0.6) is 5.75 Å². The molecule has 10 nitrogen and oxygen atoms in total. The Hall–Kier alpha value is -4.15. The van der Waals surface area contributed by atoms with Gasteiger partial charge in [0.25, 0.3) is 5.91 Å². The van der Waals surface area contributed by atoms with Gasteiger partial charge < -0.3 is 29.1 Å². The lowest BCUT2D eigenvalue weighted by molar-refractivity contribution is -0.132. The van der Waals surface area contributed by atoms with Crippen molar-refractivity contribution in [3.63, 3.8) is 0 Å². The first-order chi connectivity index (χ1) is 22.0. The number of likely N-dealkylation sites (N-methyl/N-ethyl adjacent to an activating group) is 1. The normalized spacial score (nSPS) is 18.6. The molecule has 0 radical (unpaired) electrons. The lowest BCUT2D eigenvalue weighted by Gasteiger charge is -2.35. The fraction of sp³-hybridized carbons (Fsp3) is 0.457. The molecule has 0 atom stereocenters. The SMILES string of the molecule is CN1CCN(C(=O)CCN2CCN(c3ccccn3)CC2)CCOc2ccc(N3CCOCC3)cc2Cc2cccc(c2)C1=O. The molecule has 0 saturated carbocycles. The van der Waals surface area contributed by atoms with Gasteiger partial charge in [-0.15, -0.1) is 0 Å². The number of rotatable bonds is 5. The fourth-order valence-corrected chi connectivity index (χ4v) is 6.27. The van der Waals surface area contributed by atoms with Crippen molar-refractivity contribution in [2.75, 3.05) is 102 Å². The zero-order valence-electron chi connectivity index (χ0n) is 26.3. The summed E-state index contributed by atoms with van der Waals surface area (Å²) in [6.45, 7) is 9.19. The number of aromatic nitrogens is 1. The van der Waals surface area contributed by atoms with Gasteiger partial charge in [-0.25, -0.2) is 4.98 Å². The van der Waals surface area contributed by atoms with Crippen molar-refractivity contribution >= 4 is 23.3 Å². The zero-order valence-corrected chi connectivity index (χ0v) is 26.3. The summed E-state index contributed by atoms with van der Waals surface area (Å²) in [7, 11) is 1.81. The second-order valence-corrected chi connectivity index (χ2v) is 12.0. The predicted molar refractivity (Wildman–Crippen MR) is 175 cm³/mol. The minimum atomic E-state index is -0.0365. The molecule has 0 unspecified atom stereocenters. The summed E-state index contributed by atoms with van der Waals surface area (Å²) in [4.78, 5) is 42.0. The smallest absolute Gasteiger partial charge is 0.253 e. The van der Waals surface area contributed by atoms with Gasteiger partial charge in [0.2, 0.25) is 5.91 Å². The van der Waals surface area contributed by atoms with Crippen LogP contribution in [0, 0.1) is 0 Å². The molecule has 2 aromatic carbocycles. The molecule has 2 bridgehead atoms. The monoisotopic (exact) mass is 612 g/mol. The molecule has 1 aromatic heterocycles. The molecule has 3 aliphatic heterocycles. The number of ether oxygens (including phenoxy) is 2. The summed E-state index contributed by atoms with van der Waals surface area (Å²) in [5.41, 5.74) is 3.93. The number of amides is 2. The van der Waals surface area contributed by atoms with Gasteiger partial charge in [-0.1, -0.05) is 18.2 Å². The minimum absolute atomic E-state index is 0.0365. The third-order valence-electron chi connectivity index (χ3n) is 9.00. The number of carbonyl (C=O) groups excluding carboxylic acids is 2. The predicted octanol–water partition coefficient (Wildman–Crippen LogP) is 3.01. The van der Waals surface area contributed by atoms with Crippen LogP contribution in [-0.2, 0) is 16.0 Å².